The molecule has 5 rings (SSSR count). The predicted octanol–water partition coefficient (Wildman–Crippen LogP) is 5.90. The van der Waals surface area contributed by atoms with E-state index < -0.39 is 18.5 Å². The molecule has 0 radical (unpaired) electrons. The van der Waals surface area contributed by atoms with E-state index in [9.17, 15) is 9.59 Å². The number of hydrogen-bond donors (Lipinski definition) is 0. The average molecular weight is 543 g/mol. The normalized spacial score (nSPS) is 15.0. The number of halogens is 1. The third-order valence-corrected chi connectivity index (χ3v) is 6.49. The molecule has 1 aliphatic rings. The van der Waals surface area contributed by atoms with Crippen molar-refractivity contribution >= 4 is 44.3 Å². The summed E-state index contributed by atoms with van der Waals surface area (Å²) >= 11 is 3.35. The molecule has 0 saturated carbocycles. The van der Waals surface area contributed by atoms with Gasteiger partial charge in [0.1, 0.15) is 5.75 Å². The molecule has 0 aromatic heterocycles. The number of benzene rings is 4. The Morgan fingerprint density at radius 1 is 0.861 bits per heavy atom. The van der Waals surface area contributed by atoms with Crippen molar-refractivity contribution in [3.8, 4) is 5.75 Å². The van der Waals surface area contributed by atoms with Gasteiger partial charge in [-0.2, -0.15) is 5.10 Å². The highest BCUT2D eigenvalue weighted by Gasteiger charge is 2.33. The lowest BCUT2D eigenvalue weighted by atomic mass is 9.97. The van der Waals surface area contributed by atoms with Crippen LogP contribution in [0.15, 0.2) is 107 Å². The fourth-order valence-corrected chi connectivity index (χ4v) is 4.41. The number of rotatable bonds is 7. The van der Waals surface area contributed by atoms with E-state index in [1.165, 1.54) is 5.01 Å². The van der Waals surface area contributed by atoms with E-state index in [1.54, 1.807) is 12.1 Å². The number of hydrogen-bond acceptors (Lipinski definition) is 5. The maximum absolute atomic E-state index is 13.1. The minimum Gasteiger partial charge on any atom is -0.482 e. The number of carbonyl (C=O) groups is 2. The second-order valence-corrected chi connectivity index (χ2v) is 9.30. The SMILES string of the molecule is O=C(COc1ccc(Br)cc1)OCC(=O)N1N=C(c2ccc3ccccc3c2)CC1c1ccccc1. The van der Waals surface area contributed by atoms with Crippen LogP contribution in [-0.2, 0) is 14.3 Å². The molecular weight excluding hydrogens is 520 g/mol. The molecule has 7 heteroatoms. The third-order valence-electron chi connectivity index (χ3n) is 5.96. The number of nitrogens with zero attached hydrogens (tertiary/aromatic N) is 2. The van der Waals surface area contributed by atoms with Gasteiger partial charge in [-0.05, 0) is 52.2 Å². The summed E-state index contributed by atoms with van der Waals surface area (Å²) in [5.41, 5.74) is 2.74. The van der Waals surface area contributed by atoms with Crippen molar-refractivity contribution in [2.24, 2.45) is 5.10 Å². The number of ether oxygens (including phenoxy) is 2. The summed E-state index contributed by atoms with van der Waals surface area (Å²) in [4.78, 5) is 25.3. The van der Waals surface area contributed by atoms with Crippen LogP contribution < -0.4 is 4.74 Å². The standard InChI is InChI=1S/C29H23BrN2O4/c30-24-12-14-25(15-13-24)35-19-29(34)36-18-28(33)32-27(21-7-2-1-3-8-21)17-26(31-32)23-11-10-20-6-4-5-9-22(20)16-23/h1-16,27H,17-19H2. The van der Waals surface area contributed by atoms with Crippen molar-refractivity contribution in [3.05, 3.63) is 113 Å². The van der Waals surface area contributed by atoms with Gasteiger partial charge in [0.25, 0.3) is 5.91 Å². The fourth-order valence-electron chi connectivity index (χ4n) is 4.14. The Hall–Kier alpha value is -3.97. The van der Waals surface area contributed by atoms with E-state index >= 15 is 0 Å². The zero-order valence-corrected chi connectivity index (χ0v) is 20.9. The number of esters is 1. The molecule has 0 spiro atoms. The second kappa shape index (κ2) is 10.7. The van der Waals surface area contributed by atoms with Crippen LogP contribution in [0.5, 0.6) is 5.75 Å². The van der Waals surface area contributed by atoms with Crippen molar-refractivity contribution in [3.63, 3.8) is 0 Å². The molecule has 0 fully saturated rings. The van der Waals surface area contributed by atoms with E-state index in [0.29, 0.717) is 12.2 Å². The van der Waals surface area contributed by atoms with Crippen molar-refractivity contribution in [1.29, 1.82) is 0 Å². The highest BCUT2D eigenvalue weighted by Crippen LogP contribution is 2.33. The van der Waals surface area contributed by atoms with Gasteiger partial charge in [0, 0.05) is 10.9 Å². The predicted molar refractivity (Wildman–Crippen MR) is 142 cm³/mol. The summed E-state index contributed by atoms with van der Waals surface area (Å²) in [5, 5.41) is 8.36. The smallest absolute Gasteiger partial charge is 0.344 e. The summed E-state index contributed by atoms with van der Waals surface area (Å²) < 4.78 is 11.6. The maximum atomic E-state index is 13.1. The Balaban J connectivity index is 1.29. The third kappa shape index (κ3) is 5.47. The van der Waals surface area contributed by atoms with E-state index in [-0.39, 0.29) is 12.6 Å². The molecule has 0 saturated heterocycles. The molecule has 4 aromatic rings. The summed E-state index contributed by atoms with van der Waals surface area (Å²) in [5.74, 6) is -0.480. The number of amides is 1. The molecule has 0 aliphatic carbocycles. The largest absolute Gasteiger partial charge is 0.482 e. The first-order chi connectivity index (χ1) is 17.6. The molecular formula is C29H23BrN2O4. The van der Waals surface area contributed by atoms with Crippen LogP contribution in [-0.4, -0.2) is 35.8 Å². The lowest BCUT2D eigenvalue weighted by molar-refractivity contribution is -0.154. The minimum atomic E-state index is -0.625. The molecule has 1 heterocycles. The topological polar surface area (TPSA) is 68.2 Å². The van der Waals surface area contributed by atoms with E-state index in [0.717, 1.165) is 32.1 Å². The monoisotopic (exact) mass is 542 g/mol. The van der Waals surface area contributed by atoms with E-state index in [1.807, 2.05) is 60.7 Å². The molecule has 0 bridgehead atoms. The minimum absolute atomic E-state index is 0.280. The summed E-state index contributed by atoms with van der Waals surface area (Å²) in [6, 6.07) is 30.9. The van der Waals surface area contributed by atoms with Crippen molar-refractivity contribution in [1.82, 2.24) is 5.01 Å². The van der Waals surface area contributed by atoms with Crippen LogP contribution in [0.4, 0.5) is 0 Å². The Kier molecular flexibility index (Phi) is 7.09. The number of hydrazone groups is 1. The fraction of sp³-hybridized carbons (Fsp3) is 0.138. The van der Waals surface area contributed by atoms with Gasteiger partial charge in [0.05, 0.1) is 11.8 Å². The lowest BCUT2D eigenvalue weighted by Gasteiger charge is -2.21. The van der Waals surface area contributed by atoms with Gasteiger partial charge < -0.3 is 9.47 Å². The second-order valence-electron chi connectivity index (χ2n) is 8.38. The van der Waals surface area contributed by atoms with Gasteiger partial charge in [0.2, 0.25) is 0 Å². The molecule has 6 nitrogen and oxygen atoms in total. The Labute approximate surface area is 217 Å². The summed E-state index contributed by atoms with van der Waals surface area (Å²) in [7, 11) is 0. The molecule has 180 valence electrons. The first-order valence-corrected chi connectivity index (χ1v) is 12.3. The Morgan fingerprint density at radius 2 is 1.58 bits per heavy atom. The van der Waals surface area contributed by atoms with Gasteiger partial charge in [-0.3, -0.25) is 4.79 Å². The van der Waals surface area contributed by atoms with Crippen LogP contribution in [0.3, 0.4) is 0 Å². The van der Waals surface area contributed by atoms with Crippen LogP contribution in [0, 0.1) is 0 Å². The Morgan fingerprint density at radius 3 is 2.36 bits per heavy atom. The first kappa shape index (κ1) is 23.8. The summed E-state index contributed by atoms with van der Waals surface area (Å²) in [6.07, 6.45) is 0.564. The summed E-state index contributed by atoms with van der Waals surface area (Å²) in [6.45, 7) is -0.705. The van der Waals surface area contributed by atoms with Crippen LogP contribution in [0.1, 0.15) is 23.6 Å². The molecule has 0 N–H and O–H groups in total. The van der Waals surface area contributed by atoms with Gasteiger partial charge >= 0.3 is 5.97 Å². The zero-order valence-electron chi connectivity index (χ0n) is 19.3. The van der Waals surface area contributed by atoms with Crippen LogP contribution >= 0.6 is 15.9 Å². The van der Waals surface area contributed by atoms with Crippen molar-refractivity contribution in [2.45, 2.75) is 12.5 Å². The first-order valence-electron chi connectivity index (χ1n) is 11.5. The Bertz CT molecular complexity index is 1420. The van der Waals surface area contributed by atoms with Gasteiger partial charge in [-0.1, -0.05) is 82.7 Å². The van der Waals surface area contributed by atoms with Crippen LogP contribution in [0.2, 0.25) is 0 Å². The molecule has 1 atom stereocenters. The van der Waals surface area contributed by atoms with Crippen molar-refractivity contribution < 1.29 is 19.1 Å². The van der Waals surface area contributed by atoms with Crippen molar-refractivity contribution in [2.75, 3.05) is 13.2 Å². The van der Waals surface area contributed by atoms with E-state index in [2.05, 4.69) is 45.3 Å². The van der Waals surface area contributed by atoms with Gasteiger partial charge in [-0.15, -0.1) is 0 Å². The quantitative estimate of drug-likeness (QED) is 0.272. The van der Waals surface area contributed by atoms with Gasteiger partial charge in [0.15, 0.2) is 13.2 Å². The molecule has 1 unspecified atom stereocenters. The number of carbonyl (C=O) groups excluding carboxylic acids is 2. The maximum Gasteiger partial charge on any atom is 0.344 e. The highest BCUT2D eigenvalue weighted by atomic mass is 79.9. The molecule has 36 heavy (non-hydrogen) atoms. The molecule has 1 aliphatic heterocycles. The molecule has 1 amide bonds. The molecule has 4 aromatic carbocycles. The average Bonchev–Trinajstić information content (AvgIpc) is 3.37. The highest BCUT2D eigenvalue weighted by molar-refractivity contribution is 9.10. The van der Waals surface area contributed by atoms with Crippen LogP contribution in [0.25, 0.3) is 10.8 Å². The van der Waals surface area contributed by atoms with E-state index in [4.69, 9.17) is 9.47 Å². The lowest BCUT2D eigenvalue weighted by Crippen LogP contribution is -2.32. The zero-order chi connectivity index (χ0) is 24.9. The van der Waals surface area contributed by atoms with Gasteiger partial charge in [-0.25, -0.2) is 9.80 Å². The number of fused-ring (bicyclic) bond motifs is 1.